The predicted octanol–water partition coefficient (Wildman–Crippen LogP) is -0.679. The summed E-state index contributed by atoms with van der Waals surface area (Å²) in [4.78, 5) is 21.9. The lowest BCUT2D eigenvalue weighted by molar-refractivity contribution is -0.165. The van der Waals surface area contributed by atoms with Crippen molar-refractivity contribution in [1.29, 1.82) is 0 Å². The number of rotatable bonds is 4. The van der Waals surface area contributed by atoms with Crippen LogP contribution in [0, 0.1) is 0 Å². The second-order valence-corrected chi connectivity index (χ2v) is 4.68. The third-order valence-electron chi connectivity index (χ3n) is 3.01. The van der Waals surface area contributed by atoms with E-state index in [1.54, 1.807) is 0 Å². The number of hydrogen-bond donors (Lipinski definition) is 5. The summed E-state index contributed by atoms with van der Waals surface area (Å²) >= 11 is 0. The number of anilines is 1. The molecule has 0 aromatic heterocycles. The third kappa shape index (κ3) is 5.68. The van der Waals surface area contributed by atoms with Gasteiger partial charge >= 0.3 is 11.9 Å². The molecule has 1 heterocycles. The van der Waals surface area contributed by atoms with E-state index in [0.29, 0.717) is 0 Å². The monoisotopic (exact) mass is 312 g/mol. The number of para-hydroxylation sites is 1. The molecule has 0 radical (unpaired) electrons. The van der Waals surface area contributed by atoms with E-state index in [4.69, 9.17) is 20.4 Å². The van der Waals surface area contributed by atoms with Gasteiger partial charge < -0.3 is 25.3 Å². The highest BCUT2D eigenvalue weighted by molar-refractivity contribution is 5.83. The summed E-state index contributed by atoms with van der Waals surface area (Å²) in [5.74, 6) is -3.54. The first-order chi connectivity index (χ1) is 10.4. The summed E-state index contributed by atoms with van der Waals surface area (Å²) in [6, 6.07) is 10.6. The first kappa shape index (κ1) is 17.9. The van der Waals surface area contributed by atoms with E-state index in [2.05, 4.69) is 40.5 Å². The molecule has 0 spiro atoms. The molecule has 1 aliphatic heterocycles. The van der Waals surface area contributed by atoms with Crippen molar-refractivity contribution < 1.29 is 30.0 Å². The van der Waals surface area contributed by atoms with E-state index in [1.165, 1.54) is 18.7 Å². The van der Waals surface area contributed by atoms with E-state index in [9.17, 15) is 9.59 Å². The Balaban J connectivity index is 0.000000225. The standard InChI is InChI=1S/C10H14N2.C4H6O6/c1-2-5-10(6-3-1)12-8-4-7-11-9-12;5-1(3(7)8)2(6)4(9)10/h1-3,5-6,11H,4,7-9H2;1-2,5-6H,(H,7,8)(H,9,10)/t;1-,2-/m.1/s1. The van der Waals surface area contributed by atoms with E-state index < -0.39 is 24.1 Å². The molecule has 1 aromatic rings. The number of hydrogen-bond acceptors (Lipinski definition) is 6. The van der Waals surface area contributed by atoms with Crippen LogP contribution in [-0.2, 0) is 9.59 Å². The maximum atomic E-state index is 9.77. The van der Waals surface area contributed by atoms with Gasteiger partial charge in [0.2, 0.25) is 0 Å². The molecule has 8 heteroatoms. The molecule has 0 aliphatic carbocycles. The summed E-state index contributed by atoms with van der Waals surface area (Å²) in [7, 11) is 0. The zero-order valence-corrected chi connectivity index (χ0v) is 11.9. The molecule has 1 fully saturated rings. The van der Waals surface area contributed by atoms with Gasteiger partial charge in [-0.15, -0.1) is 0 Å². The highest BCUT2D eigenvalue weighted by Crippen LogP contribution is 2.13. The zero-order valence-electron chi connectivity index (χ0n) is 11.9. The van der Waals surface area contributed by atoms with Gasteiger partial charge in [0.25, 0.3) is 0 Å². The molecule has 122 valence electrons. The quantitative estimate of drug-likeness (QED) is 0.494. The number of carbonyl (C=O) groups is 2. The summed E-state index contributed by atoms with van der Waals surface area (Å²) in [5, 5.41) is 35.9. The van der Waals surface area contributed by atoms with Crippen LogP contribution in [0.1, 0.15) is 6.42 Å². The number of carboxylic acids is 2. The number of aliphatic carboxylic acids is 2. The van der Waals surface area contributed by atoms with Gasteiger partial charge in [-0.2, -0.15) is 0 Å². The lowest BCUT2D eigenvalue weighted by Gasteiger charge is -2.29. The van der Waals surface area contributed by atoms with Crippen LogP contribution in [0.4, 0.5) is 5.69 Å². The fraction of sp³-hybridized carbons (Fsp3) is 0.429. The fourth-order valence-corrected chi connectivity index (χ4v) is 1.82. The number of nitrogens with zero attached hydrogens (tertiary/aromatic N) is 1. The summed E-state index contributed by atoms with van der Waals surface area (Å²) in [6.07, 6.45) is -3.29. The van der Waals surface area contributed by atoms with E-state index in [1.807, 2.05) is 0 Å². The van der Waals surface area contributed by atoms with Gasteiger partial charge in [-0.25, -0.2) is 9.59 Å². The van der Waals surface area contributed by atoms with Crippen LogP contribution < -0.4 is 10.2 Å². The highest BCUT2D eigenvalue weighted by Gasteiger charge is 2.29. The van der Waals surface area contributed by atoms with Crippen molar-refractivity contribution in [2.75, 3.05) is 24.7 Å². The third-order valence-corrected chi connectivity index (χ3v) is 3.01. The number of nitrogens with one attached hydrogen (secondary N) is 1. The Morgan fingerprint density at radius 1 is 1.05 bits per heavy atom. The van der Waals surface area contributed by atoms with Crippen LogP contribution in [0.2, 0.25) is 0 Å². The summed E-state index contributed by atoms with van der Waals surface area (Å²) in [5.41, 5.74) is 1.32. The molecule has 1 saturated heterocycles. The van der Waals surface area contributed by atoms with Crippen LogP contribution in [0.15, 0.2) is 30.3 Å². The van der Waals surface area contributed by atoms with Gasteiger partial charge in [0, 0.05) is 12.2 Å². The molecule has 22 heavy (non-hydrogen) atoms. The Morgan fingerprint density at radius 2 is 1.59 bits per heavy atom. The van der Waals surface area contributed by atoms with Crippen LogP contribution >= 0.6 is 0 Å². The molecule has 0 amide bonds. The number of aliphatic hydroxyl groups is 2. The molecule has 0 saturated carbocycles. The second-order valence-electron chi connectivity index (χ2n) is 4.68. The van der Waals surface area contributed by atoms with Crippen molar-refractivity contribution in [3.05, 3.63) is 30.3 Å². The van der Waals surface area contributed by atoms with E-state index in [-0.39, 0.29) is 0 Å². The SMILES string of the molecule is O=C(O)[C@H](O)[C@@H](O)C(=O)O.c1ccc(N2CCCNC2)cc1. The topological polar surface area (TPSA) is 130 Å². The summed E-state index contributed by atoms with van der Waals surface area (Å²) < 4.78 is 0. The molecule has 0 bridgehead atoms. The van der Waals surface area contributed by atoms with Crippen molar-refractivity contribution in [3.8, 4) is 0 Å². The lowest BCUT2D eigenvalue weighted by atomic mass is 10.2. The maximum Gasteiger partial charge on any atom is 0.335 e. The molecule has 2 atom stereocenters. The Morgan fingerprint density at radius 3 is 2.00 bits per heavy atom. The minimum atomic E-state index is -2.27. The highest BCUT2D eigenvalue weighted by atomic mass is 16.4. The molecule has 0 unspecified atom stereocenters. The second kappa shape index (κ2) is 8.98. The maximum absolute atomic E-state index is 9.77. The Hall–Kier alpha value is -2.16. The first-order valence-electron chi connectivity index (χ1n) is 6.76. The average Bonchev–Trinajstić information content (AvgIpc) is 2.55. The van der Waals surface area contributed by atoms with Gasteiger partial charge in [-0.1, -0.05) is 18.2 Å². The molecular formula is C14H20N2O6. The number of benzene rings is 1. The Bertz CT molecular complexity index is 457. The summed E-state index contributed by atoms with van der Waals surface area (Å²) in [6.45, 7) is 3.32. The van der Waals surface area contributed by atoms with Gasteiger partial charge in [0.15, 0.2) is 12.2 Å². The van der Waals surface area contributed by atoms with Crippen LogP contribution in [0.25, 0.3) is 0 Å². The Labute approximate surface area is 127 Å². The van der Waals surface area contributed by atoms with Crippen LogP contribution in [0.3, 0.4) is 0 Å². The molecule has 1 aromatic carbocycles. The van der Waals surface area contributed by atoms with E-state index in [0.717, 1.165) is 13.2 Å². The largest absolute Gasteiger partial charge is 0.479 e. The van der Waals surface area contributed by atoms with Crippen LogP contribution in [-0.4, -0.2) is 64.3 Å². The van der Waals surface area contributed by atoms with Crippen molar-refractivity contribution in [1.82, 2.24) is 5.32 Å². The lowest BCUT2D eigenvalue weighted by Crippen LogP contribution is -2.41. The fourth-order valence-electron chi connectivity index (χ4n) is 1.82. The van der Waals surface area contributed by atoms with Gasteiger partial charge in [-0.05, 0) is 25.1 Å². The minimum Gasteiger partial charge on any atom is -0.479 e. The van der Waals surface area contributed by atoms with Gasteiger partial charge in [0.05, 0.1) is 6.67 Å². The zero-order chi connectivity index (χ0) is 16.5. The molecule has 8 nitrogen and oxygen atoms in total. The normalized spacial score (nSPS) is 16.9. The minimum absolute atomic E-state index is 0.990. The Kier molecular flexibility index (Phi) is 7.30. The van der Waals surface area contributed by atoms with Crippen molar-refractivity contribution in [3.63, 3.8) is 0 Å². The number of carboxylic acid groups (broad SMARTS) is 2. The van der Waals surface area contributed by atoms with Gasteiger partial charge in [0.1, 0.15) is 0 Å². The van der Waals surface area contributed by atoms with E-state index >= 15 is 0 Å². The van der Waals surface area contributed by atoms with Gasteiger partial charge in [-0.3, -0.25) is 5.32 Å². The molecule has 1 aliphatic rings. The number of aliphatic hydroxyl groups excluding tert-OH is 2. The molecule has 2 rings (SSSR count). The van der Waals surface area contributed by atoms with Crippen LogP contribution in [0.5, 0.6) is 0 Å². The van der Waals surface area contributed by atoms with Crippen molar-refractivity contribution in [2.45, 2.75) is 18.6 Å². The first-order valence-corrected chi connectivity index (χ1v) is 6.76. The molecule has 5 N–H and O–H groups in total. The van der Waals surface area contributed by atoms with Crippen molar-refractivity contribution in [2.24, 2.45) is 0 Å². The van der Waals surface area contributed by atoms with Crippen molar-refractivity contribution >= 4 is 17.6 Å². The molecular weight excluding hydrogens is 292 g/mol. The average molecular weight is 312 g/mol. The smallest absolute Gasteiger partial charge is 0.335 e. The predicted molar refractivity (Wildman–Crippen MR) is 78.6 cm³/mol.